The first-order valence-electron chi connectivity index (χ1n) is 6.12. The third kappa shape index (κ3) is 6.61. The van der Waals surface area contributed by atoms with Crippen molar-refractivity contribution in [1.29, 1.82) is 0 Å². The number of nitrogens with one attached hydrogen (secondary N) is 2. The van der Waals surface area contributed by atoms with Crippen molar-refractivity contribution in [2.24, 2.45) is 0 Å². The predicted octanol–water partition coefficient (Wildman–Crippen LogP) is -1.01. The summed E-state index contributed by atoms with van der Waals surface area (Å²) >= 11 is 0. The van der Waals surface area contributed by atoms with Crippen LogP contribution in [0.4, 0.5) is 4.79 Å². The fourth-order valence-electron chi connectivity index (χ4n) is 1.44. The van der Waals surface area contributed by atoms with Gasteiger partial charge in [0, 0.05) is 26.1 Å². The van der Waals surface area contributed by atoms with E-state index in [2.05, 4.69) is 10.6 Å². The summed E-state index contributed by atoms with van der Waals surface area (Å²) in [5, 5.41) is 21.9. The van der Waals surface area contributed by atoms with Crippen molar-refractivity contribution in [3.05, 3.63) is 0 Å². The number of aliphatic carboxylic acids is 1. The number of hydrogen-bond acceptors (Lipinski definition) is 4. The van der Waals surface area contributed by atoms with Crippen LogP contribution in [0.25, 0.3) is 0 Å². The van der Waals surface area contributed by atoms with Crippen molar-refractivity contribution < 1.29 is 24.6 Å². The number of aliphatic hydroxyl groups is 1. The van der Waals surface area contributed by atoms with Crippen LogP contribution in [0, 0.1) is 0 Å². The maximum Gasteiger partial charge on any atom is 0.326 e. The van der Waals surface area contributed by atoms with E-state index in [0.29, 0.717) is 13.1 Å². The van der Waals surface area contributed by atoms with Crippen LogP contribution in [0.2, 0.25) is 0 Å². The van der Waals surface area contributed by atoms with E-state index in [1.165, 1.54) is 0 Å². The topological polar surface area (TPSA) is 119 Å². The van der Waals surface area contributed by atoms with Gasteiger partial charge in [-0.05, 0) is 13.8 Å². The van der Waals surface area contributed by atoms with Gasteiger partial charge in [0.1, 0.15) is 6.04 Å². The number of amides is 3. The molecule has 0 aliphatic rings. The Morgan fingerprint density at radius 1 is 1.21 bits per heavy atom. The second-order valence-electron chi connectivity index (χ2n) is 3.80. The van der Waals surface area contributed by atoms with Crippen LogP contribution >= 0.6 is 0 Å². The minimum atomic E-state index is -1.24. The van der Waals surface area contributed by atoms with Gasteiger partial charge in [-0.15, -0.1) is 0 Å². The number of nitrogens with zero attached hydrogens (tertiary/aromatic N) is 1. The Morgan fingerprint density at radius 3 is 2.21 bits per heavy atom. The SMILES string of the molecule is CCN(CC)C(=O)CNC(=O)N[C@H](CCO)C(=O)O. The molecule has 110 valence electrons. The highest BCUT2D eigenvalue weighted by Crippen LogP contribution is 1.91. The molecule has 0 unspecified atom stereocenters. The van der Waals surface area contributed by atoms with Gasteiger partial charge in [0.25, 0.3) is 0 Å². The molecule has 0 aromatic heterocycles. The van der Waals surface area contributed by atoms with Crippen LogP contribution in [0.15, 0.2) is 0 Å². The number of carbonyl (C=O) groups is 3. The Labute approximate surface area is 111 Å². The molecule has 0 rings (SSSR count). The normalized spacial score (nSPS) is 11.5. The summed E-state index contributed by atoms with van der Waals surface area (Å²) in [5.41, 5.74) is 0. The number of likely N-dealkylation sites (N-methyl/N-ethyl adjacent to an activating group) is 1. The van der Waals surface area contributed by atoms with Gasteiger partial charge < -0.3 is 25.7 Å². The second kappa shape index (κ2) is 9.15. The summed E-state index contributed by atoms with van der Waals surface area (Å²) in [7, 11) is 0. The van der Waals surface area contributed by atoms with Gasteiger partial charge in [-0.1, -0.05) is 0 Å². The minimum absolute atomic E-state index is 0.0905. The van der Waals surface area contributed by atoms with Gasteiger partial charge in [-0.25, -0.2) is 9.59 Å². The lowest BCUT2D eigenvalue weighted by atomic mass is 10.2. The first-order valence-corrected chi connectivity index (χ1v) is 6.12. The highest BCUT2D eigenvalue weighted by molar-refractivity contribution is 5.86. The van der Waals surface area contributed by atoms with E-state index in [4.69, 9.17) is 10.2 Å². The van der Waals surface area contributed by atoms with Gasteiger partial charge >= 0.3 is 12.0 Å². The quantitative estimate of drug-likeness (QED) is 0.452. The van der Waals surface area contributed by atoms with E-state index in [-0.39, 0.29) is 25.5 Å². The second-order valence-corrected chi connectivity index (χ2v) is 3.80. The zero-order valence-electron chi connectivity index (χ0n) is 11.2. The number of urea groups is 1. The summed E-state index contributed by atoms with van der Waals surface area (Å²) in [5.74, 6) is -1.48. The highest BCUT2D eigenvalue weighted by Gasteiger charge is 2.19. The molecule has 0 aliphatic heterocycles. The van der Waals surface area contributed by atoms with Crippen LogP contribution in [0.1, 0.15) is 20.3 Å². The molecule has 3 amide bonds. The number of carbonyl (C=O) groups excluding carboxylic acids is 2. The van der Waals surface area contributed by atoms with Crippen molar-refractivity contribution in [2.45, 2.75) is 26.3 Å². The molecule has 0 bridgehead atoms. The molecule has 0 saturated heterocycles. The number of rotatable bonds is 8. The molecule has 19 heavy (non-hydrogen) atoms. The Morgan fingerprint density at radius 2 is 1.79 bits per heavy atom. The molecular formula is C11H21N3O5. The molecule has 0 fully saturated rings. The minimum Gasteiger partial charge on any atom is -0.480 e. The fraction of sp³-hybridized carbons (Fsp3) is 0.727. The van der Waals surface area contributed by atoms with Crippen LogP contribution in [0.5, 0.6) is 0 Å². The smallest absolute Gasteiger partial charge is 0.326 e. The average molecular weight is 275 g/mol. The Balaban J connectivity index is 4.17. The van der Waals surface area contributed by atoms with Gasteiger partial charge in [0.05, 0.1) is 6.54 Å². The summed E-state index contributed by atoms with van der Waals surface area (Å²) in [6, 6.07) is -1.92. The molecule has 0 radical (unpaired) electrons. The lowest BCUT2D eigenvalue weighted by molar-refractivity contribution is -0.139. The van der Waals surface area contributed by atoms with Crippen molar-refractivity contribution >= 4 is 17.9 Å². The number of carboxylic acids is 1. The fourth-order valence-corrected chi connectivity index (χ4v) is 1.44. The molecule has 8 nitrogen and oxygen atoms in total. The van der Waals surface area contributed by atoms with Crippen molar-refractivity contribution in [1.82, 2.24) is 15.5 Å². The van der Waals surface area contributed by atoms with Crippen molar-refractivity contribution in [2.75, 3.05) is 26.2 Å². The van der Waals surface area contributed by atoms with E-state index in [1.807, 2.05) is 13.8 Å². The molecule has 0 aliphatic carbocycles. The molecule has 0 spiro atoms. The molecule has 0 aromatic carbocycles. The van der Waals surface area contributed by atoms with E-state index in [0.717, 1.165) is 0 Å². The predicted molar refractivity (Wildman–Crippen MR) is 67.6 cm³/mol. The van der Waals surface area contributed by atoms with E-state index < -0.39 is 18.0 Å². The first kappa shape index (κ1) is 17.2. The third-order valence-corrected chi connectivity index (χ3v) is 2.54. The standard InChI is InChI=1S/C11H21N3O5/c1-3-14(4-2)9(16)7-12-11(19)13-8(5-6-15)10(17)18/h8,15H,3-7H2,1-2H3,(H,17,18)(H2,12,13,19)/t8-/m1/s1. The Kier molecular flexibility index (Phi) is 8.27. The van der Waals surface area contributed by atoms with Gasteiger partial charge in [-0.2, -0.15) is 0 Å². The Bertz CT molecular complexity index is 317. The maximum atomic E-state index is 11.6. The van der Waals surface area contributed by atoms with Crippen LogP contribution in [-0.4, -0.2) is 65.3 Å². The number of aliphatic hydroxyl groups excluding tert-OH is 1. The zero-order valence-corrected chi connectivity index (χ0v) is 11.2. The molecule has 1 atom stereocenters. The summed E-state index contributed by atoms with van der Waals surface area (Å²) in [6.07, 6.45) is -0.0905. The van der Waals surface area contributed by atoms with Crippen LogP contribution in [0.3, 0.4) is 0 Å². The molecule has 0 heterocycles. The molecule has 4 N–H and O–H groups in total. The van der Waals surface area contributed by atoms with Gasteiger partial charge in [0.15, 0.2) is 0 Å². The van der Waals surface area contributed by atoms with Crippen molar-refractivity contribution in [3.8, 4) is 0 Å². The molecule has 0 saturated carbocycles. The monoisotopic (exact) mass is 275 g/mol. The molecule has 8 heteroatoms. The van der Waals surface area contributed by atoms with Crippen LogP contribution in [-0.2, 0) is 9.59 Å². The maximum absolute atomic E-state index is 11.6. The lowest BCUT2D eigenvalue weighted by Gasteiger charge is -2.19. The third-order valence-electron chi connectivity index (χ3n) is 2.54. The Hall–Kier alpha value is -1.83. The summed E-state index contributed by atoms with van der Waals surface area (Å²) < 4.78 is 0. The highest BCUT2D eigenvalue weighted by atomic mass is 16.4. The van der Waals surface area contributed by atoms with Crippen LogP contribution < -0.4 is 10.6 Å². The first-order chi connectivity index (χ1) is 8.96. The lowest BCUT2D eigenvalue weighted by Crippen LogP contribution is -2.49. The van der Waals surface area contributed by atoms with Gasteiger partial charge in [-0.3, -0.25) is 4.79 Å². The summed E-state index contributed by atoms with van der Waals surface area (Å²) in [4.78, 5) is 35.3. The summed E-state index contributed by atoms with van der Waals surface area (Å²) in [6.45, 7) is 4.18. The van der Waals surface area contributed by atoms with Crippen molar-refractivity contribution in [3.63, 3.8) is 0 Å². The van der Waals surface area contributed by atoms with E-state index in [9.17, 15) is 14.4 Å². The number of hydrogen-bond donors (Lipinski definition) is 4. The zero-order chi connectivity index (χ0) is 14.8. The average Bonchev–Trinajstić information content (AvgIpc) is 2.37. The number of carboxylic acid groups (broad SMARTS) is 1. The largest absolute Gasteiger partial charge is 0.480 e. The van der Waals surface area contributed by atoms with E-state index in [1.54, 1.807) is 4.90 Å². The molecular weight excluding hydrogens is 254 g/mol. The van der Waals surface area contributed by atoms with E-state index >= 15 is 0 Å². The van der Waals surface area contributed by atoms with Gasteiger partial charge in [0.2, 0.25) is 5.91 Å². The molecule has 0 aromatic rings.